The van der Waals surface area contributed by atoms with Crippen molar-refractivity contribution in [2.24, 2.45) is 5.92 Å². The Balaban J connectivity index is 0.000000176. The van der Waals surface area contributed by atoms with Crippen LogP contribution < -0.4 is 0 Å². The standard InChI is InChI=1S/C11H16O7.C10H16O5.2C8H12O7.C7H14O6/c1-4-6-7-8(18-11(13)17-7)9(15-5(2)12)10(14-3)16-6;1-4-6-5(2)7-8(9(12-3)13-6)15-10(11)14-7;1-12-7-4(10)6-5(3(2-9)13-7)14-8(11)15-6;1-12-7-6-5(14-8(11)15-6)4(10)3(2-9)13-7;1-12-7-6(11)5(10)4(9)3(2-8)13-7/h6-10H,4H2,1-3H3;5-9H,4H2,1-3H3;2*3-7,9-10H,2H2,1H3;3-11H,2H2,1H3/t6-,7-,8+,9+,10+;5-,6-,7+,8+,9+;3-,4+,5-,6-,7+;2*3-,4-,5+,6+,7+/m11111/s1. The van der Waals surface area contributed by atoms with Gasteiger partial charge >= 0.3 is 30.6 Å². The number of fused-ring (bicyclic) bond motifs is 4. The van der Waals surface area contributed by atoms with Gasteiger partial charge in [-0.1, -0.05) is 20.8 Å². The van der Waals surface area contributed by atoms with E-state index < -0.39 is 166 Å². The molecule has 0 unspecified atom stereocenters. The van der Waals surface area contributed by atoms with E-state index in [1.54, 1.807) is 0 Å². The van der Waals surface area contributed by atoms with Gasteiger partial charge in [0.25, 0.3) is 0 Å². The smallest absolute Gasteiger partial charge is 0.453 e. The Kier molecular flexibility index (Phi) is 23.6. The Bertz CT molecular complexity index is 1720. The lowest BCUT2D eigenvalue weighted by Gasteiger charge is -2.39. The molecule has 9 aliphatic heterocycles. The van der Waals surface area contributed by atoms with Crippen LogP contribution in [-0.4, -0.2) is 274 Å². The first-order valence-electron chi connectivity index (χ1n) is 24.0. The van der Waals surface area contributed by atoms with Crippen molar-refractivity contribution >= 4 is 30.6 Å². The number of methoxy groups -OCH3 is 5. The molecule has 0 spiro atoms. The summed E-state index contributed by atoms with van der Waals surface area (Å²) in [6.07, 6.45) is -20.7. The minimum Gasteiger partial charge on any atom is -0.453 e. The molecule has 9 saturated heterocycles. The van der Waals surface area contributed by atoms with E-state index in [4.69, 9.17) is 105 Å². The number of aliphatic hydroxyl groups is 8. The summed E-state index contributed by atoms with van der Waals surface area (Å²) in [4.78, 5) is 55.1. The molecular formula is C44H70O32. The van der Waals surface area contributed by atoms with E-state index in [1.807, 2.05) is 20.8 Å². The van der Waals surface area contributed by atoms with Crippen molar-refractivity contribution in [1.29, 1.82) is 0 Å². The third kappa shape index (κ3) is 14.4. The highest BCUT2D eigenvalue weighted by Crippen LogP contribution is 2.37. The molecule has 0 aromatic rings. The summed E-state index contributed by atoms with van der Waals surface area (Å²) < 4.78 is 95.8. The molecule has 8 N–H and O–H groups in total. The van der Waals surface area contributed by atoms with Crippen LogP contribution in [0.5, 0.6) is 0 Å². The maximum absolute atomic E-state index is 11.2. The van der Waals surface area contributed by atoms with Crippen molar-refractivity contribution in [3.05, 3.63) is 0 Å². The van der Waals surface area contributed by atoms with E-state index in [0.717, 1.165) is 6.42 Å². The Labute approximate surface area is 434 Å². The quantitative estimate of drug-likeness (QED) is 0.0737. The molecular weight excluding hydrogens is 1040 g/mol. The molecule has 0 amide bonds. The van der Waals surface area contributed by atoms with Crippen LogP contribution in [0.3, 0.4) is 0 Å². The Hall–Kier alpha value is -4.17. The summed E-state index contributed by atoms with van der Waals surface area (Å²) in [6, 6.07) is 0. The monoisotopic (exact) mass is 1110 g/mol. The number of carbonyl (C=O) groups is 5. The van der Waals surface area contributed by atoms with Gasteiger partial charge in [0.1, 0.15) is 54.9 Å². The highest BCUT2D eigenvalue weighted by atomic mass is 16.8. The molecule has 9 fully saturated rings. The van der Waals surface area contributed by atoms with Crippen molar-refractivity contribution in [2.45, 2.75) is 188 Å². The lowest BCUT2D eigenvalue weighted by Crippen LogP contribution is -2.58. The average molecular weight is 1110 g/mol. The van der Waals surface area contributed by atoms with Gasteiger partial charge in [-0.15, -0.1) is 0 Å². The van der Waals surface area contributed by atoms with Crippen LogP contribution in [0, 0.1) is 5.92 Å². The summed E-state index contributed by atoms with van der Waals surface area (Å²) in [6.45, 7) is 6.03. The number of esters is 1. The molecule has 0 bridgehead atoms. The summed E-state index contributed by atoms with van der Waals surface area (Å²) in [5.41, 5.74) is 0. The molecule has 0 aromatic heterocycles. The van der Waals surface area contributed by atoms with Gasteiger partial charge < -0.3 is 131 Å². The third-order valence-corrected chi connectivity index (χ3v) is 13.2. The molecule has 25 atom stereocenters. The lowest BCUT2D eigenvalue weighted by atomic mass is 9.89. The van der Waals surface area contributed by atoms with Crippen LogP contribution in [0.1, 0.15) is 40.5 Å². The van der Waals surface area contributed by atoms with Crippen LogP contribution in [-0.2, 0) is 94.8 Å². The van der Waals surface area contributed by atoms with Crippen LogP contribution >= 0.6 is 0 Å². The van der Waals surface area contributed by atoms with Crippen molar-refractivity contribution in [3.8, 4) is 0 Å². The first-order chi connectivity index (χ1) is 36.2. The van der Waals surface area contributed by atoms with Crippen molar-refractivity contribution in [2.75, 3.05) is 55.4 Å². The molecule has 32 nitrogen and oxygen atoms in total. The zero-order chi connectivity index (χ0) is 56.3. The second-order valence-corrected chi connectivity index (χ2v) is 17.8. The van der Waals surface area contributed by atoms with E-state index in [1.165, 1.54) is 42.5 Å². The molecule has 0 aliphatic carbocycles. The summed E-state index contributed by atoms with van der Waals surface area (Å²) in [5.74, 6) is -0.361. The van der Waals surface area contributed by atoms with Crippen LogP contribution in [0.15, 0.2) is 0 Å². The van der Waals surface area contributed by atoms with E-state index in [9.17, 15) is 49.5 Å². The number of ether oxygens (including phenoxy) is 19. The lowest BCUT2D eigenvalue weighted by molar-refractivity contribution is -0.294. The van der Waals surface area contributed by atoms with Crippen molar-refractivity contribution in [3.63, 3.8) is 0 Å². The third-order valence-electron chi connectivity index (χ3n) is 13.2. The molecule has 9 rings (SSSR count). The zero-order valence-corrected chi connectivity index (χ0v) is 42.8. The Morgan fingerprint density at radius 3 is 1.24 bits per heavy atom. The highest BCUT2D eigenvalue weighted by Gasteiger charge is 2.58. The molecule has 0 radical (unpaired) electrons. The second kappa shape index (κ2) is 28.6. The van der Waals surface area contributed by atoms with Crippen molar-refractivity contribution < 1.29 is 155 Å². The Morgan fingerprint density at radius 1 is 0.408 bits per heavy atom. The van der Waals surface area contributed by atoms with Gasteiger partial charge in [-0.25, -0.2) is 19.2 Å². The fourth-order valence-electron chi connectivity index (χ4n) is 9.25. The molecule has 9 aliphatic rings. The number of hydrogen-bond acceptors (Lipinski definition) is 32. The maximum Gasteiger partial charge on any atom is 0.509 e. The van der Waals surface area contributed by atoms with Gasteiger partial charge in [-0.2, -0.15) is 0 Å². The number of rotatable bonds is 11. The first kappa shape index (κ1) is 62.7. The van der Waals surface area contributed by atoms with Gasteiger partial charge in [-0.3, -0.25) is 4.79 Å². The van der Waals surface area contributed by atoms with Gasteiger partial charge in [0, 0.05) is 48.4 Å². The van der Waals surface area contributed by atoms with Crippen molar-refractivity contribution in [1.82, 2.24) is 0 Å². The SMILES string of the molecule is CC[C@H]1O[C@H](OC)[C@@H](OC(C)=O)[C@H]2OC(=O)O[C@@H]21.CC[C@H]1O[C@H](OC)[C@H]2OC(=O)O[C@H]2[C@@H]1C.CO[C@H]1O[C@H](CO)[C@@H](O)[C@@H]2OC(=O)O[C@H]12.CO[C@H]1O[C@H](CO)[C@@H](O)[C@H](O)[C@@H]1O.CO[C@H]1O[C@H](CO)[C@H]2OC(=O)O[C@@H]2[C@@H]1O. The summed E-state index contributed by atoms with van der Waals surface area (Å²) in [7, 11) is 7.00. The van der Waals surface area contributed by atoms with E-state index in [0.29, 0.717) is 6.42 Å². The Morgan fingerprint density at radius 2 is 0.763 bits per heavy atom. The number of carbonyl (C=O) groups excluding carboxylic acids is 5. The predicted octanol–water partition coefficient (Wildman–Crippen LogP) is -3.43. The van der Waals surface area contributed by atoms with E-state index in [2.05, 4.69) is 0 Å². The average Bonchev–Trinajstić information content (AvgIpc) is 4.22. The molecule has 32 heteroatoms. The van der Waals surface area contributed by atoms with Crippen LogP contribution in [0.4, 0.5) is 19.2 Å². The molecule has 0 saturated carbocycles. The number of hydrogen-bond donors (Lipinski definition) is 8. The zero-order valence-electron chi connectivity index (χ0n) is 42.8. The van der Waals surface area contributed by atoms with Gasteiger partial charge in [-0.05, 0) is 12.8 Å². The fourth-order valence-corrected chi connectivity index (χ4v) is 9.25. The fraction of sp³-hybridized carbons (Fsp3) is 0.886. The topological polar surface area (TPSA) is 423 Å². The summed E-state index contributed by atoms with van der Waals surface area (Å²) in [5, 5.41) is 73.9. The van der Waals surface area contributed by atoms with Gasteiger partial charge in [0.05, 0.1) is 25.9 Å². The second-order valence-electron chi connectivity index (χ2n) is 17.8. The van der Waals surface area contributed by atoms with E-state index >= 15 is 0 Å². The molecule has 0 aromatic carbocycles. The summed E-state index contributed by atoms with van der Waals surface area (Å²) >= 11 is 0. The first-order valence-corrected chi connectivity index (χ1v) is 24.0. The normalized spacial score (nSPS) is 43.4. The minimum absolute atomic E-state index is 0.0469. The largest absolute Gasteiger partial charge is 0.509 e. The highest BCUT2D eigenvalue weighted by molar-refractivity contribution is 5.67. The minimum atomic E-state index is -1.36. The molecule has 76 heavy (non-hydrogen) atoms. The maximum atomic E-state index is 11.2. The van der Waals surface area contributed by atoms with E-state index in [-0.39, 0.29) is 37.4 Å². The van der Waals surface area contributed by atoms with Gasteiger partial charge in [0.2, 0.25) is 0 Å². The predicted molar refractivity (Wildman–Crippen MR) is 236 cm³/mol. The van der Waals surface area contributed by atoms with Gasteiger partial charge in [0.15, 0.2) is 86.4 Å². The number of aliphatic hydroxyl groups excluding tert-OH is 8. The molecule has 438 valence electrons. The molecule has 9 heterocycles. The van der Waals surface area contributed by atoms with Crippen LogP contribution in [0.2, 0.25) is 0 Å². The van der Waals surface area contributed by atoms with Crippen LogP contribution in [0.25, 0.3) is 0 Å².